The van der Waals surface area contributed by atoms with Crippen molar-refractivity contribution in [2.24, 2.45) is 5.92 Å². The van der Waals surface area contributed by atoms with E-state index in [0.717, 1.165) is 12.5 Å². The molecule has 0 saturated carbocycles. The topological polar surface area (TPSA) is 49.3 Å². The van der Waals surface area contributed by atoms with Gasteiger partial charge in [0.1, 0.15) is 12.4 Å². The Morgan fingerprint density at radius 3 is 2.89 bits per heavy atom. The number of carbonyl (C=O) groups is 1. The van der Waals surface area contributed by atoms with E-state index in [1.807, 2.05) is 13.8 Å². The molecule has 0 aliphatic heterocycles. The van der Waals surface area contributed by atoms with Crippen LogP contribution in [0.4, 0.5) is 4.39 Å². The summed E-state index contributed by atoms with van der Waals surface area (Å²) in [5.74, 6) is 4.64. The zero-order valence-corrected chi connectivity index (χ0v) is 11.2. The summed E-state index contributed by atoms with van der Waals surface area (Å²) in [6, 6.07) is 3.84. The first-order chi connectivity index (χ1) is 9.08. The SMILES string of the molecule is CCC(C)CNC(=O)c1cc(F)ccc1C#CCO. The average molecular weight is 263 g/mol. The number of nitrogens with one attached hydrogen (secondary N) is 1. The number of benzene rings is 1. The van der Waals surface area contributed by atoms with Gasteiger partial charge < -0.3 is 10.4 Å². The van der Waals surface area contributed by atoms with Crippen molar-refractivity contribution < 1.29 is 14.3 Å². The Bertz CT molecular complexity index is 503. The van der Waals surface area contributed by atoms with E-state index in [4.69, 9.17) is 5.11 Å². The second kappa shape index (κ2) is 7.55. The van der Waals surface area contributed by atoms with Crippen LogP contribution in [0, 0.1) is 23.6 Å². The molecule has 1 atom stereocenters. The summed E-state index contributed by atoms with van der Waals surface area (Å²) < 4.78 is 13.2. The van der Waals surface area contributed by atoms with Crippen molar-refractivity contribution in [1.82, 2.24) is 5.32 Å². The Morgan fingerprint density at radius 2 is 2.26 bits per heavy atom. The maximum atomic E-state index is 13.2. The molecule has 1 aromatic carbocycles. The van der Waals surface area contributed by atoms with Crippen molar-refractivity contribution in [2.45, 2.75) is 20.3 Å². The highest BCUT2D eigenvalue weighted by molar-refractivity contribution is 5.96. The lowest BCUT2D eigenvalue weighted by molar-refractivity contribution is 0.0947. The molecule has 0 heterocycles. The van der Waals surface area contributed by atoms with E-state index in [-0.39, 0.29) is 18.1 Å². The fourth-order valence-corrected chi connectivity index (χ4v) is 1.45. The van der Waals surface area contributed by atoms with Crippen LogP contribution in [0.25, 0.3) is 0 Å². The summed E-state index contributed by atoms with van der Waals surface area (Å²) in [7, 11) is 0. The van der Waals surface area contributed by atoms with Crippen molar-refractivity contribution >= 4 is 5.91 Å². The number of amides is 1. The molecule has 1 amide bonds. The fraction of sp³-hybridized carbons (Fsp3) is 0.400. The van der Waals surface area contributed by atoms with E-state index in [0.29, 0.717) is 18.0 Å². The predicted octanol–water partition coefficient (Wildman–Crippen LogP) is 1.95. The molecule has 0 radical (unpaired) electrons. The number of halogens is 1. The van der Waals surface area contributed by atoms with Crippen LogP contribution in [0.3, 0.4) is 0 Å². The Morgan fingerprint density at radius 1 is 1.53 bits per heavy atom. The minimum Gasteiger partial charge on any atom is -0.384 e. The summed E-state index contributed by atoms with van der Waals surface area (Å²) in [5.41, 5.74) is 0.612. The van der Waals surface area contributed by atoms with Crippen LogP contribution in [-0.2, 0) is 0 Å². The standard InChI is InChI=1S/C15H18FNO2/c1-3-11(2)10-17-15(19)14-9-13(16)7-6-12(14)5-4-8-18/h6-7,9,11,18H,3,8,10H2,1-2H3,(H,17,19). The number of aliphatic hydroxyl groups is 1. The van der Waals surface area contributed by atoms with Gasteiger partial charge in [0.05, 0.1) is 5.56 Å². The summed E-state index contributed by atoms with van der Waals surface area (Å²) in [6.45, 7) is 4.31. The Kier molecular flexibility index (Phi) is 6.04. The Hall–Kier alpha value is -1.86. The molecule has 19 heavy (non-hydrogen) atoms. The molecule has 0 fully saturated rings. The van der Waals surface area contributed by atoms with E-state index in [1.54, 1.807) is 0 Å². The monoisotopic (exact) mass is 263 g/mol. The van der Waals surface area contributed by atoms with Crippen LogP contribution in [0.15, 0.2) is 18.2 Å². The van der Waals surface area contributed by atoms with Crippen LogP contribution in [0.1, 0.15) is 36.2 Å². The molecule has 0 spiro atoms. The van der Waals surface area contributed by atoms with Crippen LogP contribution in [0.2, 0.25) is 0 Å². The second-order valence-corrected chi connectivity index (χ2v) is 4.37. The van der Waals surface area contributed by atoms with Crippen molar-refractivity contribution in [2.75, 3.05) is 13.2 Å². The van der Waals surface area contributed by atoms with Crippen LogP contribution in [0.5, 0.6) is 0 Å². The minimum absolute atomic E-state index is 0.198. The van der Waals surface area contributed by atoms with Gasteiger partial charge in [-0.1, -0.05) is 32.1 Å². The highest BCUT2D eigenvalue weighted by Crippen LogP contribution is 2.11. The molecule has 0 bridgehead atoms. The van der Waals surface area contributed by atoms with Gasteiger partial charge in [0, 0.05) is 12.1 Å². The first-order valence-electron chi connectivity index (χ1n) is 6.26. The van der Waals surface area contributed by atoms with Gasteiger partial charge >= 0.3 is 0 Å². The third-order valence-electron chi connectivity index (χ3n) is 2.84. The number of hydrogen-bond acceptors (Lipinski definition) is 2. The summed E-state index contributed by atoms with van der Waals surface area (Å²) in [4.78, 5) is 12.0. The molecule has 0 aliphatic rings. The number of rotatable bonds is 4. The number of hydrogen-bond donors (Lipinski definition) is 2. The number of carbonyl (C=O) groups excluding carboxylic acids is 1. The Balaban J connectivity index is 2.90. The van der Waals surface area contributed by atoms with E-state index in [1.165, 1.54) is 12.1 Å². The minimum atomic E-state index is -0.483. The predicted molar refractivity (Wildman–Crippen MR) is 72.2 cm³/mol. The van der Waals surface area contributed by atoms with Crippen LogP contribution >= 0.6 is 0 Å². The second-order valence-electron chi connectivity index (χ2n) is 4.37. The number of aliphatic hydroxyl groups excluding tert-OH is 1. The van der Waals surface area contributed by atoms with Gasteiger partial charge in [-0.2, -0.15) is 0 Å². The summed E-state index contributed by atoms with van der Waals surface area (Å²) in [5, 5.41) is 11.4. The van der Waals surface area contributed by atoms with E-state index in [9.17, 15) is 9.18 Å². The van der Waals surface area contributed by atoms with E-state index in [2.05, 4.69) is 17.2 Å². The van der Waals surface area contributed by atoms with E-state index >= 15 is 0 Å². The molecular weight excluding hydrogens is 245 g/mol. The highest BCUT2D eigenvalue weighted by atomic mass is 19.1. The van der Waals surface area contributed by atoms with Gasteiger partial charge in [0.2, 0.25) is 0 Å². The van der Waals surface area contributed by atoms with Gasteiger partial charge in [-0.3, -0.25) is 4.79 Å². The zero-order chi connectivity index (χ0) is 14.3. The lowest BCUT2D eigenvalue weighted by Gasteiger charge is -2.11. The van der Waals surface area contributed by atoms with Gasteiger partial charge in [-0.25, -0.2) is 4.39 Å². The van der Waals surface area contributed by atoms with Crippen LogP contribution in [-0.4, -0.2) is 24.2 Å². The molecule has 1 unspecified atom stereocenters. The van der Waals surface area contributed by atoms with Gasteiger partial charge in [0.25, 0.3) is 5.91 Å². The van der Waals surface area contributed by atoms with Crippen LogP contribution < -0.4 is 5.32 Å². The molecule has 0 aliphatic carbocycles. The van der Waals surface area contributed by atoms with Gasteiger partial charge in [0.15, 0.2) is 0 Å². The lowest BCUT2D eigenvalue weighted by Crippen LogP contribution is -2.28. The molecule has 3 nitrogen and oxygen atoms in total. The van der Waals surface area contributed by atoms with E-state index < -0.39 is 5.82 Å². The third kappa shape index (κ3) is 4.72. The van der Waals surface area contributed by atoms with Gasteiger partial charge in [-0.05, 0) is 24.1 Å². The summed E-state index contributed by atoms with van der Waals surface area (Å²) >= 11 is 0. The third-order valence-corrected chi connectivity index (χ3v) is 2.84. The Labute approximate surface area is 112 Å². The van der Waals surface area contributed by atoms with Crippen molar-refractivity contribution in [3.8, 4) is 11.8 Å². The molecule has 1 rings (SSSR count). The van der Waals surface area contributed by atoms with Crippen molar-refractivity contribution in [1.29, 1.82) is 0 Å². The smallest absolute Gasteiger partial charge is 0.252 e. The lowest BCUT2D eigenvalue weighted by atomic mass is 10.1. The highest BCUT2D eigenvalue weighted by Gasteiger charge is 2.12. The maximum absolute atomic E-state index is 13.2. The first kappa shape index (κ1) is 15.2. The zero-order valence-electron chi connectivity index (χ0n) is 11.2. The largest absolute Gasteiger partial charge is 0.384 e. The first-order valence-corrected chi connectivity index (χ1v) is 6.26. The fourth-order valence-electron chi connectivity index (χ4n) is 1.45. The van der Waals surface area contributed by atoms with Crippen molar-refractivity contribution in [3.05, 3.63) is 35.1 Å². The summed E-state index contributed by atoms with van der Waals surface area (Å²) in [6.07, 6.45) is 0.959. The quantitative estimate of drug-likeness (QED) is 0.816. The molecule has 102 valence electrons. The van der Waals surface area contributed by atoms with Crippen molar-refractivity contribution in [3.63, 3.8) is 0 Å². The molecular formula is C15H18FNO2. The average Bonchev–Trinajstić information content (AvgIpc) is 2.42. The maximum Gasteiger partial charge on any atom is 0.252 e. The van der Waals surface area contributed by atoms with Gasteiger partial charge in [-0.15, -0.1) is 0 Å². The molecule has 4 heteroatoms. The normalized spacial score (nSPS) is 11.4. The molecule has 2 N–H and O–H groups in total. The molecule has 0 saturated heterocycles. The molecule has 1 aromatic rings. The molecule has 0 aromatic heterocycles.